The Labute approximate surface area is 126 Å². The quantitative estimate of drug-likeness (QED) is 0.779. The summed E-state index contributed by atoms with van der Waals surface area (Å²) in [4.78, 5) is 25.5. The van der Waals surface area contributed by atoms with E-state index in [1.165, 1.54) is 16.8 Å². The molecule has 0 amide bonds. The van der Waals surface area contributed by atoms with E-state index in [0.29, 0.717) is 0 Å². The molecule has 0 saturated carbocycles. The molecule has 1 aromatic heterocycles. The Morgan fingerprint density at radius 1 is 1.36 bits per heavy atom. The highest BCUT2D eigenvalue weighted by Gasteiger charge is 2.65. The van der Waals surface area contributed by atoms with Crippen LogP contribution < -0.4 is 11.2 Å². The third kappa shape index (κ3) is 2.23. The number of fused-ring (bicyclic) bond motifs is 1. The minimum Gasteiger partial charge on any atom is -0.391 e. The van der Waals surface area contributed by atoms with Crippen molar-refractivity contribution in [1.82, 2.24) is 9.55 Å². The highest BCUT2D eigenvalue weighted by molar-refractivity contribution is 5.08. The van der Waals surface area contributed by atoms with Crippen molar-refractivity contribution in [3.63, 3.8) is 0 Å². The Kier molecular flexibility index (Phi) is 3.33. The van der Waals surface area contributed by atoms with E-state index in [4.69, 9.17) is 14.2 Å². The van der Waals surface area contributed by atoms with Gasteiger partial charge < -0.3 is 19.3 Å². The third-order valence-electron chi connectivity index (χ3n) is 4.10. The number of rotatable bonds is 2. The first-order valence-corrected chi connectivity index (χ1v) is 7.17. The van der Waals surface area contributed by atoms with Crippen molar-refractivity contribution in [3.8, 4) is 0 Å². The van der Waals surface area contributed by atoms with Crippen LogP contribution in [0.1, 0.15) is 33.9 Å². The fraction of sp³-hybridized carbons (Fsp3) is 0.714. The normalized spacial score (nSPS) is 38.0. The number of nitrogens with one attached hydrogen (secondary N) is 1. The van der Waals surface area contributed by atoms with Crippen LogP contribution in [0.5, 0.6) is 0 Å². The van der Waals surface area contributed by atoms with E-state index < -0.39 is 47.2 Å². The molecular weight excluding hydrogens is 292 g/mol. The van der Waals surface area contributed by atoms with Gasteiger partial charge in [0.1, 0.15) is 17.8 Å². The smallest absolute Gasteiger partial charge is 0.330 e. The van der Waals surface area contributed by atoms with Crippen LogP contribution in [0.4, 0.5) is 0 Å². The lowest BCUT2D eigenvalue weighted by Crippen LogP contribution is -2.46. The average Bonchev–Trinajstić information content (AvgIpc) is 2.76. The summed E-state index contributed by atoms with van der Waals surface area (Å²) in [6, 6.07) is 1.24. The zero-order chi connectivity index (χ0) is 16.3. The fourth-order valence-corrected chi connectivity index (χ4v) is 3.29. The first kappa shape index (κ1) is 15.4. The van der Waals surface area contributed by atoms with Crippen molar-refractivity contribution in [3.05, 3.63) is 33.1 Å². The first-order valence-electron chi connectivity index (χ1n) is 7.17. The third-order valence-corrected chi connectivity index (χ3v) is 4.10. The molecule has 122 valence electrons. The molecule has 0 aliphatic carbocycles. The predicted molar refractivity (Wildman–Crippen MR) is 75.4 cm³/mol. The summed E-state index contributed by atoms with van der Waals surface area (Å²) in [7, 11) is 0. The van der Waals surface area contributed by atoms with Gasteiger partial charge in [0.05, 0.1) is 6.10 Å². The topological polar surface area (TPSA) is 103 Å². The van der Waals surface area contributed by atoms with E-state index in [9.17, 15) is 14.7 Å². The molecule has 2 saturated heterocycles. The molecule has 8 heteroatoms. The van der Waals surface area contributed by atoms with Gasteiger partial charge in [0.15, 0.2) is 12.0 Å². The Hall–Kier alpha value is -1.48. The molecule has 2 aliphatic heterocycles. The molecule has 0 aromatic carbocycles. The van der Waals surface area contributed by atoms with Crippen molar-refractivity contribution in [2.24, 2.45) is 0 Å². The zero-order valence-corrected chi connectivity index (χ0v) is 12.9. The van der Waals surface area contributed by atoms with Crippen molar-refractivity contribution >= 4 is 0 Å². The molecule has 22 heavy (non-hydrogen) atoms. The van der Waals surface area contributed by atoms with Crippen LogP contribution in [0.15, 0.2) is 21.9 Å². The molecule has 2 N–H and O–H groups in total. The molecule has 5 unspecified atom stereocenters. The maximum absolute atomic E-state index is 12.1. The van der Waals surface area contributed by atoms with Crippen LogP contribution in [-0.2, 0) is 14.2 Å². The predicted octanol–water partition coefficient (Wildman–Crippen LogP) is -0.275. The van der Waals surface area contributed by atoms with Gasteiger partial charge in [-0.1, -0.05) is 0 Å². The van der Waals surface area contributed by atoms with Gasteiger partial charge in [-0.3, -0.25) is 14.3 Å². The van der Waals surface area contributed by atoms with Crippen molar-refractivity contribution in [2.75, 3.05) is 0 Å². The second-order valence-corrected chi connectivity index (χ2v) is 6.44. The molecule has 0 spiro atoms. The lowest BCUT2D eigenvalue weighted by molar-refractivity contribution is -0.222. The Morgan fingerprint density at radius 2 is 2.05 bits per heavy atom. The molecule has 8 nitrogen and oxygen atoms in total. The van der Waals surface area contributed by atoms with Crippen molar-refractivity contribution < 1.29 is 19.3 Å². The van der Waals surface area contributed by atoms with Crippen LogP contribution in [0.2, 0.25) is 0 Å². The Bertz CT molecular complexity index is 693. The molecule has 3 rings (SSSR count). The minimum atomic E-state index is -0.965. The molecule has 3 heterocycles. The number of aromatic amines is 1. The summed E-state index contributed by atoms with van der Waals surface area (Å²) < 4.78 is 18.9. The molecule has 0 radical (unpaired) electrons. The molecule has 2 aliphatic rings. The number of aromatic nitrogens is 2. The lowest BCUT2D eigenvalue weighted by atomic mass is 9.94. The standard InChI is InChI=1S/C14H20N2O6/c1-7(17)9-10-14(4,22-13(2,3)21-10)11(20-9)16-6-5-8(18)15-12(16)19/h5-7,9-11,17H,1-4H3,(H,15,18,19). The van der Waals surface area contributed by atoms with Gasteiger partial charge in [-0.2, -0.15) is 0 Å². The lowest BCUT2D eigenvalue weighted by Gasteiger charge is -2.30. The highest BCUT2D eigenvalue weighted by Crippen LogP contribution is 2.51. The minimum absolute atomic E-state index is 0.489. The molecule has 2 fully saturated rings. The largest absolute Gasteiger partial charge is 0.391 e. The second-order valence-electron chi connectivity index (χ2n) is 6.44. The number of nitrogens with zero attached hydrogens (tertiary/aromatic N) is 1. The van der Waals surface area contributed by atoms with E-state index in [0.717, 1.165) is 0 Å². The maximum Gasteiger partial charge on any atom is 0.330 e. The van der Waals surface area contributed by atoms with E-state index in [2.05, 4.69) is 4.98 Å². The summed E-state index contributed by atoms with van der Waals surface area (Å²) in [6.07, 6.45) is -1.44. The molecular formula is C14H20N2O6. The van der Waals surface area contributed by atoms with Crippen LogP contribution in [0.25, 0.3) is 0 Å². The SMILES string of the molecule is CC(O)C1OC(n2ccc(=O)[nH]c2=O)C2(C)OC(C)(C)OC12. The number of aliphatic hydroxyl groups is 1. The van der Waals surface area contributed by atoms with E-state index in [1.54, 1.807) is 27.7 Å². The number of hydrogen-bond donors (Lipinski definition) is 2. The number of hydrogen-bond acceptors (Lipinski definition) is 6. The van der Waals surface area contributed by atoms with Gasteiger partial charge in [0.2, 0.25) is 0 Å². The van der Waals surface area contributed by atoms with E-state index in [1.807, 2.05) is 0 Å². The van der Waals surface area contributed by atoms with Crippen molar-refractivity contribution in [1.29, 1.82) is 0 Å². The highest BCUT2D eigenvalue weighted by atomic mass is 16.8. The van der Waals surface area contributed by atoms with E-state index >= 15 is 0 Å². The van der Waals surface area contributed by atoms with E-state index in [-0.39, 0.29) is 0 Å². The summed E-state index contributed by atoms with van der Waals surface area (Å²) in [5, 5.41) is 9.96. The van der Waals surface area contributed by atoms with Gasteiger partial charge >= 0.3 is 5.69 Å². The Balaban J connectivity index is 2.08. The summed E-state index contributed by atoms with van der Waals surface area (Å²) in [5.41, 5.74) is -2.05. The molecule has 0 bridgehead atoms. The summed E-state index contributed by atoms with van der Waals surface area (Å²) >= 11 is 0. The number of aliphatic hydroxyl groups excluding tert-OH is 1. The maximum atomic E-state index is 12.1. The van der Waals surface area contributed by atoms with Crippen LogP contribution in [0, 0.1) is 0 Å². The monoisotopic (exact) mass is 312 g/mol. The summed E-state index contributed by atoms with van der Waals surface area (Å²) in [6.45, 7) is 6.90. The van der Waals surface area contributed by atoms with Gasteiger partial charge in [-0.15, -0.1) is 0 Å². The molecule has 5 atom stereocenters. The van der Waals surface area contributed by atoms with Gasteiger partial charge in [0.25, 0.3) is 5.56 Å². The Morgan fingerprint density at radius 3 is 2.64 bits per heavy atom. The van der Waals surface area contributed by atoms with Crippen LogP contribution in [-0.4, -0.2) is 44.4 Å². The summed E-state index contributed by atoms with van der Waals surface area (Å²) in [5.74, 6) is -0.861. The number of ether oxygens (including phenoxy) is 3. The molecule has 1 aromatic rings. The van der Waals surface area contributed by atoms with Gasteiger partial charge in [0, 0.05) is 12.3 Å². The second kappa shape index (κ2) is 4.76. The van der Waals surface area contributed by atoms with Crippen LogP contribution in [0.3, 0.4) is 0 Å². The zero-order valence-electron chi connectivity index (χ0n) is 12.9. The van der Waals surface area contributed by atoms with Gasteiger partial charge in [-0.25, -0.2) is 4.79 Å². The fourth-order valence-electron chi connectivity index (χ4n) is 3.29. The van der Waals surface area contributed by atoms with Gasteiger partial charge in [-0.05, 0) is 27.7 Å². The van der Waals surface area contributed by atoms with Crippen molar-refractivity contribution in [2.45, 2.75) is 63.6 Å². The number of H-pyrrole nitrogens is 1. The average molecular weight is 312 g/mol. The first-order chi connectivity index (χ1) is 10.1. The van der Waals surface area contributed by atoms with Crippen LogP contribution >= 0.6 is 0 Å².